The van der Waals surface area contributed by atoms with Crippen LogP contribution < -0.4 is 50.7 Å². The molecule has 1 amide bonds. The fourth-order valence-corrected chi connectivity index (χ4v) is 12.1. The molecular weight excluding hydrogens is 1660 g/mol. The summed E-state index contributed by atoms with van der Waals surface area (Å²) in [5.41, 5.74) is 13.4. The summed E-state index contributed by atoms with van der Waals surface area (Å²) in [4.78, 5) is 103. The second-order valence-electron chi connectivity index (χ2n) is 24.8. The van der Waals surface area contributed by atoms with Crippen LogP contribution in [0.4, 0.5) is 24.7 Å². The van der Waals surface area contributed by atoms with Gasteiger partial charge < -0.3 is 46.1 Å². The molecule has 0 radical (unpaired) electrons. The number of carbonyl (C=O) groups excluding carboxylic acids is 4. The van der Waals surface area contributed by atoms with E-state index in [1.807, 2.05) is 140 Å². The number of aryl methyl sites for hydroxylation is 1. The molecule has 1 aliphatic heterocycles. The number of carboxylic acid groups (broad SMARTS) is 3. The van der Waals surface area contributed by atoms with E-state index in [0.29, 0.717) is 30.4 Å². The summed E-state index contributed by atoms with van der Waals surface area (Å²) in [6, 6.07) is 59.6. The molecule has 3 aliphatic rings. The van der Waals surface area contributed by atoms with Gasteiger partial charge in [-0.1, -0.05) is 151 Å². The summed E-state index contributed by atoms with van der Waals surface area (Å²) in [7, 11) is -13.4. The molecule has 15 rings (SSSR count). The van der Waals surface area contributed by atoms with Crippen LogP contribution in [-0.2, 0) is 52.9 Å². The van der Waals surface area contributed by atoms with Crippen molar-refractivity contribution >= 4 is 116 Å². The number of nitrogen functional groups attached to an aromatic ring is 1. The molecule has 0 unspecified atom stereocenters. The van der Waals surface area contributed by atoms with Crippen LogP contribution >= 0.6 is 0 Å². The summed E-state index contributed by atoms with van der Waals surface area (Å²) < 4.78 is 135. The zero-order valence-electron chi connectivity index (χ0n) is 64.0. The quantitative estimate of drug-likeness (QED) is 0.0228. The number of nitrogens with one attached hydrogen (secondary N) is 2. The van der Waals surface area contributed by atoms with Crippen LogP contribution in [0.15, 0.2) is 265 Å². The fraction of sp³-hybridized carbons (Fsp3) is 0.108. The molecule has 12 aromatic rings. The van der Waals surface area contributed by atoms with Crippen LogP contribution in [0.1, 0.15) is 87.4 Å². The monoisotopic (exact) mass is 1730 g/mol. The van der Waals surface area contributed by atoms with E-state index < -0.39 is 87.7 Å². The number of aliphatic hydroxyl groups is 1. The standard InChI is InChI=1S/C17H15N5O4S.C14H9NO2.2C12H9NO2.C11H11NO2.C10H6O5S.C6H7F3N2.CH4O4S.Na/c18-15-14-16(20-10-19-15)22(17(21-14)27(23,24)25)8-9-26-13-7-3-5-11-4-1-2-6-12(11)13;16-14(17)13-8-12(9-15-10-13)7-6-11-4-2-1-3-5-11;14-12(15)11-6-10(7-13-8-11)9-4-2-1-3-5-9;14-12(15)10-6-7-11(13-8-10)9-4-2-1-3-5-9;1-7(13)12-9-3-4-10-8(6-9)2-5-11(10)14;11-8-5-9(16(13,14)15)6-3-1-2-4-7(6)10(8)12;7-6(8,9)5-1-2-10-3-4-11-5;2-1-6(3,4)5;/h1-7,10H,8-9H2,(H2,18,19,20)(H,23,24,25);1-5,8-10H,(H,16,17);2*1-8H,(H,14,15);3-4,6H,2,5H2,1H3,(H,12,13);1-5H,(H,13,14,15);1-2,11H,3-4H2;2H,1H2,(H,3,4,5);/q;;;;;;;;+1/p-1. The van der Waals surface area contributed by atoms with Crippen molar-refractivity contribution in [2.75, 3.05) is 36.7 Å². The van der Waals surface area contributed by atoms with Crippen molar-refractivity contribution in [3.05, 3.63) is 305 Å². The Bertz CT molecular complexity index is 6320. The maximum Gasteiger partial charge on any atom is 1.00 e. The Kier molecular flexibility index (Phi) is 35.1. The Morgan fingerprint density at radius 2 is 1.23 bits per heavy atom. The molecule has 0 fully saturated rings. The van der Waals surface area contributed by atoms with Crippen LogP contribution in [0.25, 0.3) is 49.2 Å². The van der Waals surface area contributed by atoms with Crippen LogP contribution in [0, 0.1) is 11.8 Å². The number of ether oxygens (including phenoxy) is 1. The molecule has 0 atom stereocenters. The molecule has 122 heavy (non-hydrogen) atoms. The van der Waals surface area contributed by atoms with Crippen molar-refractivity contribution in [2.24, 2.45) is 4.99 Å². The summed E-state index contributed by atoms with van der Waals surface area (Å²) in [6.45, 7) is 2.31. The number of imidazole rings is 1. The largest absolute Gasteiger partial charge is 1.00 e. The van der Waals surface area contributed by atoms with Gasteiger partial charge in [0.25, 0.3) is 15.3 Å². The number of aromatic nitrogens is 7. The van der Waals surface area contributed by atoms with E-state index >= 15 is 0 Å². The second kappa shape index (κ2) is 44.9. The van der Waals surface area contributed by atoms with Crippen molar-refractivity contribution in [1.29, 1.82) is 0 Å². The molecule has 5 aromatic heterocycles. The Morgan fingerprint density at radius 3 is 1.84 bits per heavy atom. The summed E-state index contributed by atoms with van der Waals surface area (Å²) in [5.74, 6) is 0.722. The van der Waals surface area contributed by atoms with E-state index in [-0.39, 0.29) is 106 Å². The van der Waals surface area contributed by atoms with Crippen molar-refractivity contribution in [3.8, 4) is 40.0 Å². The van der Waals surface area contributed by atoms with Crippen molar-refractivity contribution in [3.63, 3.8) is 0 Å². The van der Waals surface area contributed by atoms with Gasteiger partial charge in [-0.25, -0.2) is 37.8 Å². The van der Waals surface area contributed by atoms with E-state index in [9.17, 15) is 81.1 Å². The Morgan fingerprint density at radius 1 is 0.639 bits per heavy atom. The number of pyridine rings is 3. The molecule has 39 heteroatoms. The van der Waals surface area contributed by atoms with Crippen molar-refractivity contribution in [2.45, 2.75) is 37.6 Å². The number of nitrogens with zero attached hydrogens (tertiary/aromatic N) is 8. The van der Waals surface area contributed by atoms with Gasteiger partial charge in [0.15, 0.2) is 28.7 Å². The molecule has 0 spiro atoms. The number of aromatic carboxylic acids is 3. The SMILES string of the molecule is CC(=O)Nc1ccc2c(c1)CCC2=O.FC(F)(F)C1=CC=NCCN1.Nc1ncnc2c1nc(S(=O)(=O)O)n2CCOc1cccc2ccccc12.O=C(O)c1ccc(-c2ccccc2)nc1.O=C(O)c1cncc(-c2ccccc2)c1.O=C(O)c1cncc(C#Cc2ccccc2)c1.O=C1C=C(S(=O)(=O)[O-])c2ccccc2C1=O.O=S(=O)(O)CO.[Na+]. The zero-order valence-corrected chi connectivity index (χ0v) is 68.5. The van der Waals surface area contributed by atoms with Crippen LogP contribution in [0.2, 0.25) is 0 Å². The average Bonchev–Trinajstić information content (AvgIpc) is 1.28. The van der Waals surface area contributed by atoms with Crippen LogP contribution in [0.5, 0.6) is 5.75 Å². The predicted molar refractivity (Wildman–Crippen MR) is 437 cm³/mol. The van der Waals surface area contributed by atoms with E-state index in [1.165, 1.54) is 73.0 Å². The first-order valence-electron chi connectivity index (χ1n) is 35.1. The van der Waals surface area contributed by atoms with Gasteiger partial charge in [0, 0.05) is 113 Å². The number of carbonyl (C=O) groups is 7. The smallest absolute Gasteiger partial charge is 0.744 e. The van der Waals surface area contributed by atoms with Crippen LogP contribution in [0.3, 0.4) is 0 Å². The summed E-state index contributed by atoms with van der Waals surface area (Å²) in [5, 5.41) is 40.2. The van der Waals surface area contributed by atoms with E-state index in [1.54, 1.807) is 42.7 Å². The van der Waals surface area contributed by atoms with Gasteiger partial charge in [-0.05, 0) is 89.7 Å². The van der Waals surface area contributed by atoms with Gasteiger partial charge in [0.05, 0.1) is 40.4 Å². The number of hydrogen-bond acceptors (Lipinski definition) is 25. The van der Waals surface area contributed by atoms with E-state index in [0.717, 1.165) is 68.0 Å². The average molecular weight is 1730 g/mol. The van der Waals surface area contributed by atoms with Gasteiger partial charge in [0.1, 0.15) is 34.5 Å². The van der Waals surface area contributed by atoms with Gasteiger partial charge in [-0.3, -0.25) is 52.8 Å². The number of halogens is 3. The Hall–Kier alpha value is -13.7. The number of rotatable bonds is 13. The Labute approximate surface area is 716 Å². The zero-order chi connectivity index (χ0) is 88.0. The number of hydrogen-bond donors (Lipinski definition) is 9. The number of alkyl halides is 3. The van der Waals surface area contributed by atoms with Gasteiger partial charge in [-0.15, -0.1) is 0 Å². The summed E-state index contributed by atoms with van der Waals surface area (Å²) >= 11 is 0. The third kappa shape index (κ3) is 29.1. The number of ketones is 3. The molecule has 6 heterocycles. The molecule has 10 N–H and O–H groups in total. The number of benzene rings is 7. The number of aliphatic imine (C=N–C) groups is 1. The fourth-order valence-electron chi connectivity index (χ4n) is 10.8. The molecule has 0 saturated carbocycles. The second-order valence-corrected chi connectivity index (χ2v) is 28.9. The van der Waals surface area contributed by atoms with Gasteiger partial charge in [0.2, 0.25) is 17.5 Å². The number of fused-ring (bicyclic) bond motifs is 4. The minimum atomic E-state index is -4.76. The topological polar surface area (TPSA) is 520 Å². The number of aliphatic hydroxyl groups excluding tert-OH is 1. The van der Waals surface area contributed by atoms with Crippen LogP contribution in [-0.4, -0.2) is 173 Å². The predicted octanol–water partition coefficient (Wildman–Crippen LogP) is 8.01. The molecule has 0 bridgehead atoms. The molecule has 32 nitrogen and oxygen atoms in total. The number of carboxylic acids is 3. The van der Waals surface area contributed by atoms with E-state index in [4.69, 9.17) is 35.4 Å². The number of allylic oxidation sites excluding steroid dienone is 3. The first-order valence-corrected chi connectivity index (χ1v) is 39.6. The molecule has 7 aromatic carbocycles. The maximum absolute atomic E-state index is 11.9. The number of amides is 1. The first kappa shape index (κ1) is 95.4. The van der Waals surface area contributed by atoms with Gasteiger partial charge in [-0.2, -0.15) is 30.0 Å². The first-order chi connectivity index (χ1) is 57.5. The van der Waals surface area contributed by atoms with Crippen molar-refractivity contribution < 1.29 is 140 Å². The number of nitrogens with two attached hydrogens (primary N) is 1. The molecule has 0 saturated heterocycles. The normalized spacial score (nSPS) is 12.2. The van der Waals surface area contributed by atoms with E-state index in [2.05, 4.69) is 57.4 Å². The third-order valence-corrected chi connectivity index (χ3v) is 18.2. The molecular formula is C83H69F3N11NaO21S3. The van der Waals surface area contributed by atoms with Gasteiger partial charge >= 0.3 is 63.8 Å². The number of anilines is 2. The molecule has 622 valence electrons. The maximum atomic E-state index is 11.9. The Balaban J connectivity index is 0.000000196. The minimum Gasteiger partial charge on any atom is -0.744 e. The third-order valence-electron chi connectivity index (χ3n) is 16.3. The molecule has 2 aliphatic carbocycles. The number of Topliss-reactive ketones (excluding diaryl/α,β-unsaturated/α-hetero) is 2. The minimum absolute atomic E-state index is 0. The van der Waals surface area contributed by atoms with Crippen molar-refractivity contribution in [1.82, 2.24) is 39.8 Å². The summed E-state index contributed by atoms with van der Waals surface area (Å²) in [6.07, 6.45) is 8.20.